The molecule has 0 saturated heterocycles. The van der Waals surface area contributed by atoms with Crippen LogP contribution in [0.15, 0.2) is 53.9 Å². The molecule has 0 unspecified atom stereocenters. The first-order valence-electron chi connectivity index (χ1n) is 10.3. The van der Waals surface area contributed by atoms with Crippen molar-refractivity contribution in [2.24, 2.45) is 0 Å². The van der Waals surface area contributed by atoms with Crippen LogP contribution in [0.5, 0.6) is 5.75 Å². The summed E-state index contributed by atoms with van der Waals surface area (Å²) in [5.41, 5.74) is 1.77. The second-order valence-corrected chi connectivity index (χ2v) is 8.09. The predicted octanol–water partition coefficient (Wildman–Crippen LogP) is 3.88. The fourth-order valence-electron chi connectivity index (χ4n) is 3.61. The summed E-state index contributed by atoms with van der Waals surface area (Å²) in [5.74, 6) is 1.84. The number of thioether (sulfide) groups is 1. The van der Waals surface area contributed by atoms with E-state index in [0.717, 1.165) is 29.8 Å². The molecule has 156 valence electrons. The second kappa shape index (κ2) is 9.75. The first-order valence-corrected chi connectivity index (χ1v) is 11.2. The highest BCUT2D eigenvalue weighted by Crippen LogP contribution is 2.28. The van der Waals surface area contributed by atoms with E-state index in [0.29, 0.717) is 29.4 Å². The third kappa shape index (κ3) is 4.81. The minimum atomic E-state index is 0.0380. The largest absolute Gasteiger partial charge is 0.494 e. The van der Waals surface area contributed by atoms with Crippen LogP contribution in [0, 0.1) is 0 Å². The molecule has 0 bridgehead atoms. The van der Waals surface area contributed by atoms with Crippen molar-refractivity contribution in [1.82, 2.24) is 25.1 Å². The van der Waals surface area contributed by atoms with Gasteiger partial charge in [-0.15, -0.1) is 10.2 Å². The molecule has 7 nitrogen and oxygen atoms in total. The van der Waals surface area contributed by atoms with E-state index in [1.165, 1.54) is 24.6 Å². The number of rotatable bonds is 8. The van der Waals surface area contributed by atoms with Crippen molar-refractivity contribution in [2.45, 2.75) is 43.8 Å². The first kappa shape index (κ1) is 20.4. The fourth-order valence-corrected chi connectivity index (χ4v) is 4.37. The maximum atomic E-state index is 12.4. The molecular formula is C22H25N5O2S. The Morgan fingerprint density at radius 2 is 2.00 bits per heavy atom. The van der Waals surface area contributed by atoms with Gasteiger partial charge in [0, 0.05) is 29.7 Å². The predicted molar refractivity (Wildman–Crippen MR) is 117 cm³/mol. The monoisotopic (exact) mass is 423 g/mol. The van der Waals surface area contributed by atoms with Gasteiger partial charge in [-0.1, -0.05) is 24.6 Å². The van der Waals surface area contributed by atoms with Crippen LogP contribution in [-0.2, 0) is 4.79 Å². The maximum absolute atomic E-state index is 12.4. The highest BCUT2D eigenvalue weighted by atomic mass is 32.2. The number of nitrogens with one attached hydrogen (secondary N) is 1. The molecule has 3 aromatic rings. The Labute approximate surface area is 180 Å². The van der Waals surface area contributed by atoms with Crippen molar-refractivity contribution in [3.63, 3.8) is 0 Å². The summed E-state index contributed by atoms with van der Waals surface area (Å²) in [5, 5.41) is 12.6. The maximum Gasteiger partial charge on any atom is 0.230 e. The quantitative estimate of drug-likeness (QED) is 0.554. The summed E-state index contributed by atoms with van der Waals surface area (Å²) >= 11 is 1.39. The molecule has 1 fully saturated rings. The molecule has 0 aliphatic heterocycles. The Hall–Kier alpha value is -2.87. The molecule has 1 saturated carbocycles. The van der Waals surface area contributed by atoms with Crippen LogP contribution in [0.25, 0.3) is 17.1 Å². The van der Waals surface area contributed by atoms with Gasteiger partial charge in [-0.3, -0.25) is 14.3 Å². The number of amides is 1. The third-order valence-corrected chi connectivity index (χ3v) is 5.94. The number of hydrogen-bond acceptors (Lipinski definition) is 6. The topological polar surface area (TPSA) is 81.9 Å². The Bertz CT molecular complexity index is 969. The van der Waals surface area contributed by atoms with Gasteiger partial charge in [-0.05, 0) is 56.2 Å². The van der Waals surface area contributed by atoms with Gasteiger partial charge >= 0.3 is 0 Å². The van der Waals surface area contributed by atoms with Crippen molar-refractivity contribution in [2.75, 3.05) is 12.4 Å². The van der Waals surface area contributed by atoms with Gasteiger partial charge in [-0.25, -0.2) is 0 Å². The minimum Gasteiger partial charge on any atom is -0.494 e. The lowest BCUT2D eigenvalue weighted by Crippen LogP contribution is -2.33. The lowest BCUT2D eigenvalue weighted by atomic mass is 10.2. The Balaban J connectivity index is 1.58. The molecule has 1 N–H and O–H groups in total. The fraction of sp³-hybridized carbons (Fsp3) is 0.364. The van der Waals surface area contributed by atoms with Crippen LogP contribution >= 0.6 is 11.8 Å². The van der Waals surface area contributed by atoms with E-state index in [2.05, 4.69) is 20.5 Å². The molecule has 1 aliphatic carbocycles. The van der Waals surface area contributed by atoms with Crippen LogP contribution in [0.2, 0.25) is 0 Å². The molecule has 1 aromatic carbocycles. The molecule has 2 aromatic heterocycles. The Morgan fingerprint density at radius 1 is 1.20 bits per heavy atom. The number of nitrogens with zero attached hydrogens (tertiary/aromatic N) is 4. The standard InChI is InChI=1S/C22H25N5O2S/c1-2-29-19-11-9-18(10-12-19)27-21(16-6-5-13-23-14-16)25-26-22(27)30-15-20(28)24-17-7-3-4-8-17/h5-6,9-14,17H,2-4,7-8,15H2,1H3,(H,24,28). The van der Waals surface area contributed by atoms with Crippen LogP contribution < -0.4 is 10.1 Å². The van der Waals surface area contributed by atoms with E-state index < -0.39 is 0 Å². The molecule has 30 heavy (non-hydrogen) atoms. The molecule has 1 aliphatic rings. The van der Waals surface area contributed by atoms with Gasteiger partial charge in [0.05, 0.1) is 12.4 Å². The van der Waals surface area contributed by atoms with Gasteiger partial charge in [0.1, 0.15) is 5.75 Å². The van der Waals surface area contributed by atoms with Gasteiger partial charge in [-0.2, -0.15) is 0 Å². The highest BCUT2D eigenvalue weighted by molar-refractivity contribution is 7.99. The number of hydrogen-bond donors (Lipinski definition) is 1. The van der Waals surface area contributed by atoms with E-state index in [4.69, 9.17) is 4.74 Å². The number of ether oxygens (including phenoxy) is 1. The number of carbonyl (C=O) groups excluding carboxylic acids is 1. The van der Waals surface area contributed by atoms with Crippen molar-refractivity contribution in [3.8, 4) is 22.8 Å². The van der Waals surface area contributed by atoms with E-state index in [9.17, 15) is 4.79 Å². The smallest absolute Gasteiger partial charge is 0.230 e. The highest BCUT2D eigenvalue weighted by Gasteiger charge is 2.20. The zero-order valence-electron chi connectivity index (χ0n) is 17.0. The van der Waals surface area contributed by atoms with Gasteiger partial charge < -0.3 is 10.1 Å². The van der Waals surface area contributed by atoms with Crippen molar-refractivity contribution < 1.29 is 9.53 Å². The molecule has 4 rings (SSSR count). The summed E-state index contributed by atoms with van der Waals surface area (Å²) in [6, 6.07) is 11.9. The summed E-state index contributed by atoms with van der Waals surface area (Å²) in [7, 11) is 0. The zero-order valence-corrected chi connectivity index (χ0v) is 17.8. The van der Waals surface area contributed by atoms with E-state index >= 15 is 0 Å². The normalized spacial score (nSPS) is 14.0. The Morgan fingerprint density at radius 3 is 2.70 bits per heavy atom. The van der Waals surface area contributed by atoms with E-state index in [1.807, 2.05) is 47.9 Å². The minimum absolute atomic E-state index is 0.0380. The first-order chi connectivity index (χ1) is 14.7. The molecule has 2 heterocycles. The lowest BCUT2D eigenvalue weighted by Gasteiger charge is -2.13. The van der Waals surface area contributed by atoms with Crippen molar-refractivity contribution in [3.05, 3.63) is 48.8 Å². The van der Waals surface area contributed by atoms with Crippen LogP contribution in [-0.4, -0.2) is 44.1 Å². The molecule has 1 amide bonds. The number of benzene rings is 1. The van der Waals surface area contributed by atoms with Crippen LogP contribution in [0.1, 0.15) is 32.6 Å². The van der Waals surface area contributed by atoms with Gasteiger partial charge in [0.25, 0.3) is 0 Å². The second-order valence-electron chi connectivity index (χ2n) is 7.15. The van der Waals surface area contributed by atoms with Crippen molar-refractivity contribution >= 4 is 17.7 Å². The van der Waals surface area contributed by atoms with Crippen LogP contribution in [0.4, 0.5) is 0 Å². The summed E-state index contributed by atoms with van der Waals surface area (Å²) in [4.78, 5) is 16.6. The van der Waals surface area contributed by atoms with Gasteiger partial charge in [0.15, 0.2) is 11.0 Å². The lowest BCUT2D eigenvalue weighted by molar-refractivity contribution is -0.119. The number of aromatic nitrogens is 4. The average molecular weight is 424 g/mol. The molecule has 0 atom stereocenters. The summed E-state index contributed by atoms with van der Waals surface area (Å²) in [6.07, 6.45) is 8.02. The summed E-state index contributed by atoms with van der Waals surface area (Å²) in [6.45, 7) is 2.57. The molecular weight excluding hydrogens is 398 g/mol. The number of pyridine rings is 1. The number of carbonyl (C=O) groups is 1. The Kier molecular flexibility index (Phi) is 6.63. The SMILES string of the molecule is CCOc1ccc(-n2c(SCC(=O)NC3CCCC3)nnc2-c2cccnc2)cc1. The third-order valence-electron chi connectivity index (χ3n) is 5.01. The summed E-state index contributed by atoms with van der Waals surface area (Å²) < 4.78 is 7.52. The molecule has 0 spiro atoms. The average Bonchev–Trinajstić information content (AvgIpc) is 3.43. The van der Waals surface area contributed by atoms with Crippen molar-refractivity contribution in [1.29, 1.82) is 0 Å². The van der Waals surface area contributed by atoms with Gasteiger partial charge in [0.2, 0.25) is 5.91 Å². The van der Waals surface area contributed by atoms with E-state index in [-0.39, 0.29) is 5.91 Å². The zero-order chi connectivity index (χ0) is 20.8. The van der Waals surface area contributed by atoms with Crippen LogP contribution in [0.3, 0.4) is 0 Å². The molecule has 0 radical (unpaired) electrons. The molecule has 8 heteroatoms. The van der Waals surface area contributed by atoms with E-state index in [1.54, 1.807) is 12.4 Å².